The van der Waals surface area contributed by atoms with Crippen LogP contribution in [0.15, 0.2) is 60.4 Å². The van der Waals surface area contributed by atoms with E-state index in [1.807, 2.05) is 62.4 Å². The van der Waals surface area contributed by atoms with Crippen molar-refractivity contribution in [1.82, 2.24) is 29.7 Å². The third-order valence-corrected chi connectivity index (χ3v) is 7.33. The highest BCUT2D eigenvalue weighted by molar-refractivity contribution is 6.33. The second-order valence-electron chi connectivity index (χ2n) is 9.85. The van der Waals surface area contributed by atoms with Crippen LogP contribution in [-0.2, 0) is 0 Å². The molecule has 12 heteroatoms. The Bertz CT molecular complexity index is 1560. The number of piperazine rings is 1. The predicted molar refractivity (Wildman–Crippen MR) is 166 cm³/mol. The van der Waals surface area contributed by atoms with Crippen LogP contribution in [-0.4, -0.2) is 81.7 Å². The van der Waals surface area contributed by atoms with Gasteiger partial charge in [-0.15, -0.1) is 0 Å². The molecule has 0 unspecified atom stereocenters. The van der Waals surface area contributed by atoms with Crippen molar-refractivity contribution in [2.75, 3.05) is 61.9 Å². The number of para-hydroxylation sites is 3. The summed E-state index contributed by atoms with van der Waals surface area (Å²) in [5.74, 6) is 3.38. The van der Waals surface area contributed by atoms with Crippen molar-refractivity contribution in [1.29, 1.82) is 5.41 Å². The lowest BCUT2D eigenvalue weighted by molar-refractivity contribution is 0.188. The minimum Gasteiger partial charge on any atom is -0.395 e. The van der Waals surface area contributed by atoms with Crippen molar-refractivity contribution in [3.05, 3.63) is 76.8 Å². The molecule has 41 heavy (non-hydrogen) atoms. The highest BCUT2D eigenvalue weighted by Crippen LogP contribution is 2.30. The second kappa shape index (κ2) is 12.5. The van der Waals surface area contributed by atoms with Gasteiger partial charge in [-0.1, -0.05) is 35.9 Å². The second-order valence-corrected chi connectivity index (χ2v) is 10.3. The molecule has 1 fully saturated rings. The SMILES string of the molecule is CN/C(=C\C(=N)n1c(Nc2c(C)cccc2Cl)nc2ccccc21)Nc1cc(N2CCN(CCO)CC2)nc(C)n1. The van der Waals surface area contributed by atoms with Crippen LogP contribution in [0.25, 0.3) is 11.0 Å². The molecule has 5 rings (SSSR count). The van der Waals surface area contributed by atoms with Crippen molar-refractivity contribution in [2.45, 2.75) is 13.8 Å². The first-order valence-corrected chi connectivity index (χ1v) is 13.9. The van der Waals surface area contributed by atoms with Gasteiger partial charge in [-0.05, 0) is 37.6 Å². The Kier molecular flexibility index (Phi) is 8.67. The maximum absolute atomic E-state index is 9.24. The van der Waals surface area contributed by atoms with E-state index in [1.54, 1.807) is 17.7 Å². The molecule has 3 heterocycles. The lowest BCUT2D eigenvalue weighted by Crippen LogP contribution is -2.47. The molecule has 11 nitrogen and oxygen atoms in total. The minimum atomic E-state index is 0.168. The number of halogens is 1. The van der Waals surface area contributed by atoms with Crippen LogP contribution in [0.4, 0.5) is 23.3 Å². The summed E-state index contributed by atoms with van der Waals surface area (Å²) >= 11 is 6.50. The highest BCUT2D eigenvalue weighted by Gasteiger charge is 2.19. The number of aliphatic hydroxyl groups excluding tert-OH is 1. The molecule has 2 aromatic carbocycles. The van der Waals surface area contributed by atoms with E-state index < -0.39 is 0 Å². The number of nitrogens with one attached hydrogen (secondary N) is 4. The van der Waals surface area contributed by atoms with Gasteiger partial charge in [-0.2, -0.15) is 0 Å². The number of nitrogens with zero attached hydrogens (tertiary/aromatic N) is 6. The summed E-state index contributed by atoms with van der Waals surface area (Å²) in [5, 5.41) is 28.7. The number of imidazole rings is 1. The van der Waals surface area contributed by atoms with Crippen molar-refractivity contribution in [3.63, 3.8) is 0 Å². The molecule has 0 atom stereocenters. The first-order chi connectivity index (χ1) is 19.9. The molecular weight excluding hydrogens is 540 g/mol. The van der Waals surface area contributed by atoms with Crippen molar-refractivity contribution < 1.29 is 5.11 Å². The molecule has 1 aliphatic heterocycles. The van der Waals surface area contributed by atoms with Crippen LogP contribution in [0.2, 0.25) is 5.02 Å². The Morgan fingerprint density at radius 2 is 1.83 bits per heavy atom. The number of hydrogen-bond acceptors (Lipinski definition) is 10. The Morgan fingerprint density at radius 1 is 1.05 bits per heavy atom. The van der Waals surface area contributed by atoms with E-state index in [4.69, 9.17) is 22.0 Å². The van der Waals surface area contributed by atoms with Gasteiger partial charge in [0.1, 0.15) is 29.1 Å². The van der Waals surface area contributed by atoms with Crippen molar-refractivity contribution >= 4 is 51.7 Å². The van der Waals surface area contributed by atoms with Crippen molar-refractivity contribution in [3.8, 4) is 0 Å². The Morgan fingerprint density at radius 3 is 2.56 bits per heavy atom. The van der Waals surface area contributed by atoms with E-state index in [0.717, 1.165) is 54.3 Å². The van der Waals surface area contributed by atoms with Gasteiger partial charge < -0.3 is 26.0 Å². The van der Waals surface area contributed by atoms with E-state index in [1.165, 1.54) is 0 Å². The van der Waals surface area contributed by atoms with Gasteiger partial charge in [0.25, 0.3) is 0 Å². The van der Waals surface area contributed by atoms with Crippen LogP contribution in [0.3, 0.4) is 0 Å². The fraction of sp³-hybridized carbons (Fsp3) is 0.310. The molecule has 1 aliphatic rings. The molecule has 0 aliphatic carbocycles. The standard InChI is InChI=1S/C29H35ClN10O/c1-19-7-6-8-21(30)28(19)37-29-35-22-9-4-5-10-23(22)40(29)24(31)17-25(32-3)36-26-18-27(34-20(2)33-26)39-13-11-38(12-14-39)15-16-41/h4-10,17-18,31-32,41H,11-16H2,1-3H3,(H,35,37)(H,33,34,36)/b25-17+,31-24?. The van der Waals surface area contributed by atoms with Gasteiger partial charge in [0.2, 0.25) is 5.95 Å². The Labute approximate surface area is 244 Å². The number of allylic oxidation sites excluding steroid dienone is 1. The topological polar surface area (TPSA) is 130 Å². The summed E-state index contributed by atoms with van der Waals surface area (Å²) in [6.45, 7) is 8.08. The van der Waals surface area contributed by atoms with Crippen LogP contribution in [0.5, 0.6) is 0 Å². The molecular formula is C29H35ClN10O. The number of hydrogen-bond donors (Lipinski definition) is 5. The maximum Gasteiger partial charge on any atom is 0.214 e. The monoisotopic (exact) mass is 574 g/mol. The summed E-state index contributed by atoms with van der Waals surface area (Å²) in [6.07, 6.45) is 1.70. The number of anilines is 4. The van der Waals surface area contributed by atoms with E-state index >= 15 is 0 Å². The van der Waals surface area contributed by atoms with E-state index in [0.29, 0.717) is 35.0 Å². The average molecular weight is 575 g/mol. The van der Waals surface area contributed by atoms with Crippen LogP contribution in [0.1, 0.15) is 11.4 Å². The van der Waals surface area contributed by atoms with Gasteiger partial charge in [-0.3, -0.25) is 14.9 Å². The number of rotatable bonds is 9. The maximum atomic E-state index is 9.24. The number of fused-ring (bicyclic) bond motifs is 1. The fourth-order valence-corrected chi connectivity index (χ4v) is 5.15. The number of benzene rings is 2. The summed E-state index contributed by atoms with van der Waals surface area (Å²) in [5.41, 5.74) is 3.26. The van der Waals surface area contributed by atoms with Gasteiger partial charge in [-0.25, -0.2) is 15.0 Å². The number of β-amino-alcohol motifs (C(OH)–C–C–N with tert-alkyl or cyclic N) is 1. The quantitative estimate of drug-likeness (QED) is 0.149. The molecule has 214 valence electrons. The molecule has 0 bridgehead atoms. The normalized spacial score (nSPS) is 14.4. The number of aromatic nitrogens is 4. The number of aryl methyl sites for hydroxylation is 2. The summed E-state index contributed by atoms with van der Waals surface area (Å²) < 4.78 is 1.75. The van der Waals surface area contributed by atoms with Crippen molar-refractivity contribution in [2.24, 2.45) is 0 Å². The summed E-state index contributed by atoms with van der Waals surface area (Å²) in [4.78, 5) is 18.5. The fourth-order valence-electron chi connectivity index (χ4n) is 4.89. The molecule has 2 aromatic heterocycles. The zero-order valence-electron chi connectivity index (χ0n) is 23.4. The van der Waals surface area contributed by atoms with Gasteiger partial charge >= 0.3 is 0 Å². The van der Waals surface area contributed by atoms with Gasteiger partial charge in [0, 0.05) is 51.9 Å². The zero-order chi connectivity index (χ0) is 28.9. The Balaban J connectivity index is 1.41. The smallest absolute Gasteiger partial charge is 0.214 e. The lowest BCUT2D eigenvalue weighted by atomic mass is 10.2. The first-order valence-electron chi connectivity index (χ1n) is 13.5. The third kappa shape index (κ3) is 6.43. The average Bonchev–Trinajstić information content (AvgIpc) is 3.33. The molecule has 5 N–H and O–H groups in total. The van der Waals surface area contributed by atoms with Crippen LogP contribution in [0, 0.1) is 19.3 Å². The molecule has 1 saturated heterocycles. The summed E-state index contributed by atoms with van der Waals surface area (Å²) in [6, 6.07) is 15.3. The zero-order valence-corrected chi connectivity index (χ0v) is 24.2. The van der Waals surface area contributed by atoms with Gasteiger partial charge in [0.15, 0.2) is 0 Å². The van der Waals surface area contributed by atoms with E-state index in [-0.39, 0.29) is 12.4 Å². The highest BCUT2D eigenvalue weighted by atomic mass is 35.5. The molecule has 4 aromatic rings. The third-order valence-electron chi connectivity index (χ3n) is 7.01. The minimum absolute atomic E-state index is 0.168. The van der Waals surface area contributed by atoms with Crippen LogP contribution >= 0.6 is 11.6 Å². The van der Waals surface area contributed by atoms with Gasteiger partial charge in [0.05, 0.1) is 28.4 Å². The lowest BCUT2D eigenvalue weighted by Gasteiger charge is -2.35. The summed E-state index contributed by atoms with van der Waals surface area (Å²) in [7, 11) is 1.79. The molecule has 0 spiro atoms. The number of aliphatic hydroxyl groups is 1. The molecule has 0 amide bonds. The molecule has 0 saturated carbocycles. The van der Waals surface area contributed by atoms with E-state index in [9.17, 15) is 5.11 Å². The van der Waals surface area contributed by atoms with Crippen LogP contribution < -0.4 is 20.9 Å². The first kappa shape index (κ1) is 28.3. The predicted octanol–water partition coefficient (Wildman–Crippen LogP) is 3.95. The largest absolute Gasteiger partial charge is 0.395 e. The van der Waals surface area contributed by atoms with E-state index in [2.05, 4.69) is 35.7 Å². The Hall–Kier alpha value is -4.19. The molecule has 0 radical (unpaired) electrons.